The van der Waals surface area contributed by atoms with Gasteiger partial charge in [0.25, 0.3) is 0 Å². The highest BCUT2D eigenvalue weighted by Crippen LogP contribution is 2.40. The average molecular weight is 272 g/mol. The van der Waals surface area contributed by atoms with E-state index in [2.05, 4.69) is 31.4 Å². The van der Waals surface area contributed by atoms with Crippen LogP contribution in [0.25, 0.3) is 11.0 Å². The summed E-state index contributed by atoms with van der Waals surface area (Å²) in [6, 6.07) is 10.4. The Bertz CT molecular complexity index is 534. The van der Waals surface area contributed by atoms with Gasteiger partial charge in [0.2, 0.25) is 0 Å². The Morgan fingerprint density at radius 2 is 1.85 bits per heavy atom. The highest BCUT2D eigenvalue weighted by Gasteiger charge is 2.32. The maximum Gasteiger partial charge on any atom is 0.134 e. The molecule has 3 unspecified atom stereocenters. The maximum absolute atomic E-state index is 6.00. The van der Waals surface area contributed by atoms with Gasteiger partial charge in [-0.15, -0.1) is 0 Å². The summed E-state index contributed by atoms with van der Waals surface area (Å²) in [5.41, 5.74) is 3.94. The molecule has 0 amide bonds. The van der Waals surface area contributed by atoms with Crippen LogP contribution in [0.2, 0.25) is 0 Å². The number of para-hydroxylation sites is 1. The minimum atomic E-state index is 0.118. The SMILES string of the molecule is CC1CC(C)CC(C(NN)c2cc3ccccc3o2)C1. The predicted octanol–water partition coefficient (Wildman–Crippen LogP) is 4.01. The zero-order valence-corrected chi connectivity index (χ0v) is 12.3. The summed E-state index contributed by atoms with van der Waals surface area (Å²) < 4.78 is 6.00. The van der Waals surface area contributed by atoms with Crippen molar-refractivity contribution in [1.82, 2.24) is 5.43 Å². The third-order valence-corrected chi connectivity index (χ3v) is 4.62. The van der Waals surface area contributed by atoms with Crippen molar-refractivity contribution < 1.29 is 4.42 Å². The average Bonchev–Trinajstić information content (AvgIpc) is 2.81. The van der Waals surface area contributed by atoms with Gasteiger partial charge in [-0.25, -0.2) is 5.43 Å². The minimum Gasteiger partial charge on any atom is -0.459 e. The fourth-order valence-electron chi connectivity index (χ4n) is 3.89. The largest absolute Gasteiger partial charge is 0.459 e. The van der Waals surface area contributed by atoms with Crippen LogP contribution < -0.4 is 11.3 Å². The van der Waals surface area contributed by atoms with E-state index in [0.29, 0.717) is 5.92 Å². The van der Waals surface area contributed by atoms with E-state index in [0.717, 1.165) is 28.6 Å². The Kier molecular flexibility index (Phi) is 3.81. The van der Waals surface area contributed by atoms with Gasteiger partial charge in [-0.3, -0.25) is 5.84 Å². The first kappa shape index (κ1) is 13.7. The molecule has 0 spiro atoms. The number of hydrazine groups is 1. The van der Waals surface area contributed by atoms with E-state index in [9.17, 15) is 0 Å². The predicted molar refractivity (Wildman–Crippen MR) is 81.9 cm³/mol. The smallest absolute Gasteiger partial charge is 0.134 e. The summed E-state index contributed by atoms with van der Waals surface area (Å²) >= 11 is 0. The molecule has 3 heteroatoms. The lowest BCUT2D eigenvalue weighted by atomic mass is 9.73. The van der Waals surface area contributed by atoms with Crippen LogP contribution in [0.15, 0.2) is 34.7 Å². The third kappa shape index (κ3) is 2.60. The Hall–Kier alpha value is -1.32. The van der Waals surface area contributed by atoms with Crippen molar-refractivity contribution in [2.75, 3.05) is 0 Å². The molecular weight excluding hydrogens is 248 g/mol. The van der Waals surface area contributed by atoms with E-state index in [1.165, 1.54) is 19.3 Å². The molecule has 3 N–H and O–H groups in total. The van der Waals surface area contributed by atoms with Crippen molar-refractivity contribution in [3.8, 4) is 0 Å². The second kappa shape index (κ2) is 5.58. The molecule has 0 radical (unpaired) electrons. The molecule has 1 aliphatic rings. The monoisotopic (exact) mass is 272 g/mol. The van der Waals surface area contributed by atoms with Crippen molar-refractivity contribution in [3.63, 3.8) is 0 Å². The highest BCUT2D eigenvalue weighted by atomic mass is 16.3. The van der Waals surface area contributed by atoms with Gasteiger partial charge < -0.3 is 4.42 Å². The number of nitrogens with one attached hydrogen (secondary N) is 1. The number of hydrogen-bond donors (Lipinski definition) is 2. The van der Waals surface area contributed by atoms with Crippen molar-refractivity contribution >= 4 is 11.0 Å². The van der Waals surface area contributed by atoms with E-state index in [4.69, 9.17) is 10.3 Å². The lowest BCUT2D eigenvalue weighted by Crippen LogP contribution is -2.36. The molecule has 108 valence electrons. The van der Waals surface area contributed by atoms with E-state index < -0.39 is 0 Å². The standard InChI is InChI=1S/C17H24N2O/c1-11-7-12(2)9-14(8-11)17(19-18)16-10-13-5-3-4-6-15(13)20-16/h3-6,10-12,14,17,19H,7-9,18H2,1-2H3. The molecule has 0 saturated heterocycles. The number of nitrogens with two attached hydrogens (primary N) is 1. The first-order valence-electron chi connectivity index (χ1n) is 7.62. The molecule has 1 heterocycles. The first-order chi connectivity index (χ1) is 9.67. The fraction of sp³-hybridized carbons (Fsp3) is 0.529. The molecular formula is C17H24N2O. The van der Waals surface area contributed by atoms with Gasteiger partial charge in [-0.2, -0.15) is 0 Å². The van der Waals surface area contributed by atoms with Crippen LogP contribution in [0.1, 0.15) is 44.9 Å². The Morgan fingerprint density at radius 3 is 2.50 bits per heavy atom. The molecule has 3 rings (SSSR count). The van der Waals surface area contributed by atoms with Crippen LogP contribution in [0.5, 0.6) is 0 Å². The van der Waals surface area contributed by atoms with Gasteiger partial charge in [0.15, 0.2) is 0 Å². The zero-order chi connectivity index (χ0) is 14.1. The van der Waals surface area contributed by atoms with Crippen LogP contribution in [0.4, 0.5) is 0 Å². The fourth-order valence-corrected chi connectivity index (χ4v) is 3.89. The molecule has 3 nitrogen and oxygen atoms in total. The van der Waals surface area contributed by atoms with E-state index in [1.54, 1.807) is 0 Å². The second-order valence-electron chi connectivity index (χ2n) is 6.51. The van der Waals surface area contributed by atoms with Crippen LogP contribution in [0.3, 0.4) is 0 Å². The summed E-state index contributed by atoms with van der Waals surface area (Å²) in [5, 5.41) is 1.15. The van der Waals surface area contributed by atoms with Gasteiger partial charge in [0, 0.05) is 5.39 Å². The number of hydrogen-bond acceptors (Lipinski definition) is 3. The van der Waals surface area contributed by atoms with Gasteiger partial charge in [0.1, 0.15) is 11.3 Å². The number of furan rings is 1. The molecule has 1 saturated carbocycles. The molecule has 1 aliphatic carbocycles. The Balaban J connectivity index is 1.88. The van der Waals surface area contributed by atoms with Crippen LogP contribution in [0, 0.1) is 17.8 Å². The molecule has 0 aliphatic heterocycles. The Labute approximate surface area is 120 Å². The molecule has 0 bridgehead atoms. The number of rotatable bonds is 3. The van der Waals surface area contributed by atoms with Crippen LogP contribution >= 0.6 is 0 Å². The molecule has 1 aromatic heterocycles. The number of fused-ring (bicyclic) bond motifs is 1. The van der Waals surface area contributed by atoms with E-state index in [1.807, 2.05) is 18.2 Å². The molecule has 1 aromatic carbocycles. The topological polar surface area (TPSA) is 51.2 Å². The summed E-state index contributed by atoms with van der Waals surface area (Å²) in [7, 11) is 0. The van der Waals surface area contributed by atoms with Gasteiger partial charge in [0.05, 0.1) is 6.04 Å². The first-order valence-corrected chi connectivity index (χ1v) is 7.62. The van der Waals surface area contributed by atoms with E-state index >= 15 is 0 Å². The second-order valence-corrected chi connectivity index (χ2v) is 6.51. The van der Waals surface area contributed by atoms with Crippen molar-refractivity contribution in [1.29, 1.82) is 0 Å². The van der Waals surface area contributed by atoms with Crippen LogP contribution in [-0.2, 0) is 0 Å². The molecule has 1 fully saturated rings. The number of benzene rings is 1. The van der Waals surface area contributed by atoms with Gasteiger partial charge >= 0.3 is 0 Å². The highest BCUT2D eigenvalue weighted by molar-refractivity contribution is 5.77. The summed E-state index contributed by atoms with van der Waals surface area (Å²) in [6.07, 6.45) is 3.76. The lowest BCUT2D eigenvalue weighted by Gasteiger charge is -2.35. The third-order valence-electron chi connectivity index (χ3n) is 4.62. The minimum absolute atomic E-state index is 0.118. The summed E-state index contributed by atoms with van der Waals surface area (Å²) in [5.74, 6) is 8.90. The summed E-state index contributed by atoms with van der Waals surface area (Å²) in [4.78, 5) is 0. The van der Waals surface area contributed by atoms with Crippen LogP contribution in [-0.4, -0.2) is 0 Å². The van der Waals surface area contributed by atoms with Crippen molar-refractivity contribution in [2.45, 2.75) is 39.2 Å². The summed E-state index contributed by atoms with van der Waals surface area (Å²) in [6.45, 7) is 4.68. The van der Waals surface area contributed by atoms with E-state index in [-0.39, 0.29) is 6.04 Å². The lowest BCUT2D eigenvalue weighted by molar-refractivity contribution is 0.166. The van der Waals surface area contributed by atoms with Crippen molar-refractivity contribution in [2.24, 2.45) is 23.6 Å². The molecule has 20 heavy (non-hydrogen) atoms. The van der Waals surface area contributed by atoms with Gasteiger partial charge in [-0.05, 0) is 49.1 Å². The quantitative estimate of drug-likeness (QED) is 0.655. The molecule has 2 aromatic rings. The Morgan fingerprint density at radius 1 is 1.15 bits per heavy atom. The maximum atomic E-state index is 6.00. The van der Waals surface area contributed by atoms with Crippen molar-refractivity contribution in [3.05, 3.63) is 36.1 Å². The molecule has 3 atom stereocenters. The van der Waals surface area contributed by atoms with Gasteiger partial charge in [-0.1, -0.05) is 32.0 Å². The normalized spacial score (nSPS) is 28.6. The zero-order valence-electron chi connectivity index (χ0n) is 12.3.